The zero-order valence-electron chi connectivity index (χ0n) is 21.0. The molecule has 0 spiro atoms. The Morgan fingerprint density at radius 2 is 2.00 bits per heavy atom. The number of aromatic nitrogens is 3. The van der Waals surface area contributed by atoms with Gasteiger partial charge in [-0.2, -0.15) is 4.98 Å². The van der Waals surface area contributed by atoms with E-state index in [0.717, 1.165) is 60.1 Å². The number of benzene rings is 1. The van der Waals surface area contributed by atoms with Gasteiger partial charge in [0.05, 0.1) is 18.6 Å². The number of aryl methyl sites for hydroxylation is 1. The predicted octanol–water partition coefficient (Wildman–Crippen LogP) is 2.40. The number of likely N-dealkylation sites (N-methyl/N-ethyl adjacent to an activating group) is 1. The molecule has 0 aliphatic carbocycles. The molecule has 3 aromatic rings. The fourth-order valence-electron chi connectivity index (χ4n) is 4.76. The third-order valence-corrected chi connectivity index (χ3v) is 7.52. The monoisotopic (exact) mass is 511 g/mol. The first-order valence-corrected chi connectivity index (χ1v) is 13.1. The molecule has 1 amide bonds. The Morgan fingerprint density at radius 3 is 2.75 bits per heavy atom. The van der Waals surface area contributed by atoms with E-state index in [2.05, 4.69) is 61.1 Å². The van der Waals surface area contributed by atoms with Gasteiger partial charge >= 0.3 is 6.09 Å². The minimum Gasteiger partial charge on any atom is -0.368 e. The Hall–Kier alpha value is -3.06. The Morgan fingerprint density at radius 1 is 1.19 bits per heavy atom. The molecule has 0 radical (unpaired) electrons. The van der Waals surface area contributed by atoms with E-state index in [9.17, 15) is 4.79 Å². The highest BCUT2D eigenvalue weighted by Gasteiger charge is 2.29. The van der Waals surface area contributed by atoms with Crippen LogP contribution in [0.5, 0.6) is 0 Å². The number of hydrogen-bond acceptors (Lipinski definition) is 11. The summed E-state index contributed by atoms with van der Waals surface area (Å²) in [6.07, 6.45) is -0.487. The van der Waals surface area contributed by atoms with Crippen molar-refractivity contribution in [2.24, 2.45) is 0 Å². The van der Waals surface area contributed by atoms with E-state index in [1.54, 1.807) is 10.6 Å². The molecule has 0 bridgehead atoms. The van der Waals surface area contributed by atoms with E-state index in [4.69, 9.17) is 10.6 Å². The van der Waals surface area contributed by atoms with Crippen molar-refractivity contribution >= 4 is 45.2 Å². The van der Waals surface area contributed by atoms with Crippen LogP contribution in [-0.4, -0.2) is 94.8 Å². The molecule has 0 saturated carbocycles. The molecule has 2 aliphatic heterocycles. The van der Waals surface area contributed by atoms with E-state index in [1.807, 2.05) is 13.0 Å². The molecular weight excluding hydrogens is 478 g/mol. The van der Waals surface area contributed by atoms with Crippen molar-refractivity contribution in [2.75, 3.05) is 68.8 Å². The minimum atomic E-state index is -0.487. The molecule has 0 unspecified atom stereocenters. The lowest BCUT2D eigenvalue weighted by molar-refractivity contribution is -0.103. The number of fused-ring (bicyclic) bond motifs is 1. The quantitative estimate of drug-likeness (QED) is 0.529. The van der Waals surface area contributed by atoms with Crippen LogP contribution in [0.3, 0.4) is 0 Å². The number of nitrogens with zero attached hydrogens (tertiary/aromatic N) is 7. The molecule has 11 nitrogen and oxygen atoms in total. The molecule has 12 heteroatoms. The number of piperazine rings is 2. The van der Waals surface area contributed by atoms with Crippen molar-refractivity contribution in [1.29, 1.82) is 0 Å². The number of rotatable bonds is 5. The summed E-state index contributed by atoms with van der Waals surface area (Å²) in [6.45, 7) is 11.0. The van der Waals surface area contributed by atoms with Crippen LogP contribution in [0.1, 0.15) is 18.1 Å². The third kappa shape index (κ3) is 5.51. The minimum absolute atomic E-state index is 0.0429. The van der Waals surface area contributed by atoms with E-state index in [1.165, 1.54) is 16.9 Å². The predicted molar refractivity (Wildman–Crippen MR) is 142 cm³/mol. The van der Waals surface area contributed by atoms with Gasteiger partial charge in [0.1, 0.15) is 5.52 Å². The van der Waals surface area contributed by atoms with Gasteiger partial charge in [-0.05, 0) is 38.1 Å². The maximum absolute atomic E-state index is 12.7. The van der Waals surface area contributed by atoms with E-state index in [0.29, 0.717) is 19.6 Å². The van der Waals surface area contributed by atoms with Gasteiger partial charge < -0.3 is 20.4 Å². The summed E-state index contributed by atoms with van der Waals surface area (Å²) in [5.41, 5.74) is 11.4. The molecule has 2 aromatic heterocycles. The Balaban J connectivity index is 1.15. The lowest BCUT2D eigenvalue weighted by atomic mass is 10.1. The van der Waals surface area contributed by atoms with Gasteiger partial charge in [0.15, 0.2) is 10.6 Å². The fourth-order valence-corrected chi connectivity index (χ4v) is 5.42. The highest BCUT2D eigenvalue weighted by molar-refractivity contribution is 7.16. The number of carbonyl (C=O) groups is 1. The van der Waals surface area contributed by atoms with Crippen LogP contribution in [-0.2, 0) is 11.4 Å². The maximum atomic E-state index is 12.7. The van der Waals surface area contributed by atoms with Gasteiger partial charge in [-0.3, -0.25) is 10.2 Å². The molecule has 3 N–H and O–H groups in total. The molecule has 5 rings (SSSR count). The molecule has 2 fully saturated rings. The SMILES string of the molecule is Cc1cc(CN2CCN(C)CC2)ccc1NC(=O)ON1CCN(c2nc(N)nc3scnc23)[C@@H](C)C1. The molecule has 4 heterocycles. The number of hydroxylamine groups is 2. The normalized spacial score (nSPS) is 20.1. The highest BCUT2D eigenvalue weighted by atomic mass is 32.1. The summed E-state index contributed by atoms with van der Waals surface area (Å²) in [6, 6.07) is 6.22. The molecule has 1 atom stereocenters. The van der Waals surface area contributed by atoms with Crippen molar-refractivity contribution in [3.63, 3.8) is 0 Å². The van der Waals surface area contributed by atoms with Gasteiger partial charge in [-0.1, -0.05) is 12.1 Å². The van der Waals surface area contributed by atoms with E-state index in [-0.39, 0.29) is 12.0 Å². The van der Waals surface area contributed by atoms with Crippen molar-refractivity contribution < 1.29 is 9.63 Å². The van der Waals surface area contributed by atoms with Crippen LogP contribution in [0.4, 0.5) is 22.2 Å². The second-order valence-electron chi connectivity index (χ2n) is 9.57. The average Bonchev–Trinajstić information content (AvgIpc) is 3.30. The lowest BCUT2D eigenvalue weighted by Gasteiger charge is -2.39. The van der Waals surface area contributed by atoms with Crippen molar-refractivity contribution in [3.8, 4) is 0 Å². The summed E-state index contributed by atoms with van der Waals surface area (Å²) in [4.78, 5) is 39.1. The average molecular weight is 512 g/mol. The van der Waals surface area contributed by atoms with Gasteiger partial charge in [-0.15, -0.1) is 16.4 Å². The van der Waals surface area contributed by atoms with Crippen LogP contribution >= 0.6 is 11.3 Å². The fraction of sp³-hybridized carbons (Fsp3) is 0.500. The van der Waals surface area contributed by atoms with Gasteiger partial charge in [0.25, 0.3) is 0 Å². The highest BCUT2D eigenvalue weighted by Crippen LogP contribution is 2.29. The Kier molecular flexibility index (Phi) is 7.19. The Labute approximate surface area is 214 Å². The first kappa shape index (κ1) is 24.6. The number of thiazole rings is 1. The maximum Gasteiger partial charge on any atom is 0.430 e. The van der Waals surface area contributed by atoms with Crippen LogP contribution in [0.15, 0.2) is 23.7 Å². The van der Waals surface area contributed by atoms with Crippen LogP contribution in [0.25, 0.3) is 10.3 Å². The molecule has 1 aromatic carbocycles. The zero-order valence-corrected chi connectivity index (χ0v) is 21.8. The first-order chi connectivity index (χ1) is 17.4. The first-order valence-electron chi connectivity index (χ1n) is 12.2. The largest absolute Gasteiger partial charge is 0.430 e. The number of hydrogen-bond donors (Lipinski definition) is 2. The number of carbonyl (C=O) groups excluding carboxylic acids is 1. The molecule has 36 heavy (non-hydrogen) atoms. The smallest absolute Gasteiger partial charge is 0.368 e. The summed E-state index contributed by atoms with van der Waals surface area (Å²) in [5, 5.41) is 4.59. The number of nitrogens with one attached hydrogen (secondary N) is 1. The van der Waals surface area contributed by atoms with E-state index < -0.39 is 6.09 Å². The lowest BCUT2D eigenvalue weighted by Crippen LogP contribution is -2.53. The second kappa shape index (κ2) is 10.5. The van der Waals surface area contributed by atoms with Crippen LogP contribution < -0.4 is 16.0 Å². The van der Waals surface area contributed by atoms with E-state index >= 15 is 0 Å². The number of nitrogens with two attached hydrogens (primary N) is 1. The number of anilines is 3. The standard InChI is InChI=1S/C24H33N9O2S/c1-16-12-18(14-31-8-6-30(3)7-9-31)4-5-19(16)27-24(34)35-32-10-11-33(17(2)13-32)21-20-22(36-15-26-20)29-23(25)28-21/h4-5,12,15,17H,6-11,13-14H2,1-3H3,(H,27,34)(H2,25,28,29)/t17-/m0/s1. The molecular formula is C24H33N9O2S. The van der Waals surface area contributed by atoms with Crippen molar-refractivity contribution in [3.05, 3.63) is 34.8 Å². The van der Waals surface area contributed by atoms with Gasteiger partial charge in [0.2, 0.25) is 5.95 Å². The zero-order chi connectivity index (χ0) is 25.2. The Bertz CT molecular complexity index is 1230. The molecule has 2 aliphatic rings. The number of nitrogen functional groups attached to an aromatic ring is 1. The van der Waals surface area contributed by atoms with Crippen LogP contribution in [0.2, 0.25) is 0 Å². The second-order valence-corrected chi connectivity index (χ2v) is 10.4. The number of amides is 1. The molecule has 192 valence electrons. The summed E-state index contributed by atoms with van der Waals surface area (Å²) in [5.74, 6) is 0.958. The van der Waals surface area contributed by atoms with Crippen LogP contribution in [0, 0.1) is 6.92 Å². The summed E-state index contributed by atoms with van der Waals surface area (Å²) in [7, 11) is 2.16. The van der Waals surface area contributed by atoms with Gasteiger partial charge in [0, 0.05) is 51.0 Å². The topological polar surface area (TPSA) is 116 Å². The molecule has 2 saturated heterocycles. The third-order valence-electron chi connectivity index (χ3n) is 6.80. The van der Waals surface area contributed by atoms with Crippen molar-refractivity contribution in [2.45, 2.75) is 26.4 Å². The summed E-state index contributed by atoms with van der Waals surface area (Å²) >= 11 is 1.44. The van der Waals surface area contributed by atoms with Crippen molar-refractivity contribution in [1.82, 2.24) is 29.8 Å². The summed E-state index contributed by atoms with van der Waals surface area (Å²) < 4.78 is 0. The van der Waals surface area contributed by atoms with Gasteiger partial charge in [-0.25, -0.2) is 14.8 Å².